The molecule has 3 N–H and O–H groups in total. The smallest absolute Gasteiger partial charge is 0.265 e. The number of hydrogen-bond donors (Lipinski definition) is 2. The first kappa shape index (κ1) is 13.4. The Labute approximate surface area is 115 Å². The molecule has 0 radical (unpaired) electrons. The number of nitrogens with one attached hydrogen (secondary N) is 1. The second-order valence-corrected chi connectivity index (χ2v) is 5.02. The van der Waals surface area contributed by atoms with Crippen molar-refractivity contribution in [3.05, 3.63) is 29.0 Å². The maximum atomic E-state index is 12.0. The Morgan fingerprint density at radius 1 is 1.63 bits per heavy atom. The molecule has 0 bridgehead atoms. The zero-order chi connectivity index (χ0) is 13.8. The van der Waals surface area contributed by atoms with E-state index in [9.17, 15) is 4.79 Å². The van der Waals surface area contributed by atoms with Gasteiger partial charge in [0.2, 0.25) is 0 Å². The normalized spacial score (nSPS) is 10.4. The van der Waals surface area contributed by atoms with Crippen LogP contribution in [0.2, 0.25) is 0 Å². The summed E-state index contributed by atoms with van der Waals surface area (Å²) in [5.74, 6) is 0.0527. The summed E-state index contributed by atoms with van der Waals surface area (Å²) in [7, 11) is 1.91. The highest BCUT2D eigenvalue weighted by Crippen LogP contribution is 2.27. The summed E-state index contributed by atoms with van der Waals surface area (Å²) in [5, 5.41) is 3.53. The molecule has 2 aromatic heterocycles. The van der Waals surface area contributed by atoms with Crippen molar-refractivity contribution >= 4 is 28.2 Å². The van der Waals surface area contributed by atoms with Crippen molar-refractivity contribution in [3.63, 3.8) is 0 Å². The quantitative estimate of drug-likeness (QED) is 0.871. The first-order valence-electron chi connectivity index (χ1n) is 5.88. The van der Waals surface area contributed by atoms with Gasteiger partial charge in [-0.15, -0.1) is 0 Å². The number of carbonyl (C=O) groups is 1. The van der Waals surface area contributed by atoms with Crippen LogP contribution in [0.25, 0.3) is 0 Å². The van der Waals surface area contributed by atoms with Crippen LogP contribution in [0.1, 0.15) is 22.2 Å². The number of aromatic nitrogens is 1. The van der Waals surface area contributed by atoms with Crippen LogP contribution in [0.5, 0.6) is 0 Å². The molecule has 0 spiro atoms. The van der Waals surface area contributed by atoms with Gasteiger partial charge in [-0.2, -0.15) is 0 Å². The highest BCUT2D eigenvalue weighted by Gasteiger charge is 2.17. The van der Waals surface area contributed by atoms with Gasteiger partial charge in [0.25, 0.3) is 5.91 Å². The number of nitrogen functional groups attached to an aromatic ring is 1. The summed E-state index contributed by atoms with van der Waals surface area (Å²) in [6.07, 6.45) is 3.16. The molecule has 2 aromatic rings. The molecule has 0 saturated heterocycles. The van der Waals surface area contributed by atoms with Crippen LogP contribution in [0.3, 0.4) is 0 Å². The molecule has 2 rings (SSSR count). The van der Waals surface area contributed by atoms with Crippen LogP contribution >= 0.6 is 11.3 Å². The van der Waals surface area contributed by atoms with E-state index in [1.807, 2.05) is 18.9 Å². The summed E-state index contributed by atoms with van der Waals surface area (Å²) in [5.41, 5.74) is 6.68. The van der Waals surface area contributed by atoms with Crippen LogP contribution in [-0.2, 0) is 6.54 Å². The minimum absolute atomic E-state index is 0.216. The summed E-state index contributed by atoms with van der Waals surface area (Å²) in [6.45, 7) is 3.23. The number of carbonyl (C=O) groups excluding carboxylic acids is 1. The number of nitrogens with zero attached hydrogens (tertiary/aromatic N) is 2. The molecule has 0 unspecified atom stereocenters. The number of hydrogen-bond acceptors (Lipinski definition) is 6. The number of rotatable bonds is 5. The third-order valence-electron chi connectivity index (χ3n) is 2.68. The molecule has 6 nitrogen and oxygen atoms in total. The lowest BCUT2D eigenvalue weighted by Crippen LogP contribution is -2.22. The maximum absolute atomic E-state index is 12.0. The van der Waals surface area contributed by atoms with E-state index in [1.165, 1.54) is 11.3 Å². The van der Waals surface area contributed by atoms with Gasteiger partial charge in [-0.1, -0.05) is 11.3 Å². The topological polar surface area (TPSA) is 84.4 Å². The SMILES string of the molecule is CCN(C)c1nc(N)c(C(=O)NCc2ccoc2)s1. The fraction of sp³-hybridized carbons (Fsp3) is 0.333. The van der Waals surface area contributed by atoms with Gasteiger partial charge in [-0.25, -0.2) is 4.98 Å². The van der Waals surface area contributed by atoms with Crippen LogP contribution in [0.4, 0.5) is 10.9 Å². The summed E-state index contributed by atoms with van der Waals surface area (Å²) in [6, 6.07) is 1.80. The molecular weight excluding hydrogens is 264 g/mol. The summed E-state index contributed by atoms with van der Waals surface area (Å²) in [4.78, 5) is 18.6. The second-order valence-electron chi connectivity index (χ2n) is 4.04. The van der Waals surface area contributed by atoms with Gasteiger partial charge in [-0.3, -0.25) is 4.79 Å². The Kier molecular flexibility index (Phi) is 4.06. The zero-order valence-corrected chi connectivity index (χ0v) is 11.7. The Hall–Kier alpha value is -2.02. The molecule has 0 aliphatic carbocycles. The molecule has 1 amide bonds. The number of furan rings is 1. The van der Waals surface area contributed by atoms with E-state index in [0.29, 0.717) is 11.4 Å². The molecule has 0 aliphatic rings. The van der Waals surface area contributed by atoms with E-state index in [1.54, 1.807) is 18.6 Å². The Morgan fingerprint density at radius 3 is 3.05 bits per heavy atom. The molecule has 0 aromatic carbocycles. The monoisotopic (exact) mass is 280 g/mol. The second kappa shape index (κ2) is 5.75. The lowest BCUT2D eigenvalue weighted by molar-refractivity contribution is 0.0955. The number of nitrogens with two attached hydrogens (primary N) is 1. The number of thiazole rings is 1. The molecule has 0 aliphatic heterocycles. The molecule has 7 heteroatoms. The fourth-order valence-electron chi connectivity index (χ4n) is 1.44. The summed E-state index contributed by atoms with van der Waals surface area (Å²) >= 11 is 1.29. The van der Waals surface area contributed by atoms with Crippen molar-refractivity contribution in [2.75, 3.05) is 24.2 Å². The lowest BCUT2D eigenvalue weighted by atomic mass is 10.3. The Morgan fingerprint density at radius 2 is 2.42 bits per heavy atom. The highest BCUT2D eigenvalue weighted by atomic mass is 32.1. The third-order valence-corrected chi connectivity index (χ3v) is 3.87. The van der Waals surface area contributed by atoms with Crippen molar-refractivity contribution in [3.8, 4) is 0 Å². The van der Waals surface area contributed by atoms with Gasteiger partial charge in [0, 0.05) is 25.7 Å². The molecule has 2 heterocycles. The van der Waals surface area contributed by atoms with Crippen molar-refractivity contribution in [2.24, 2.45) is 0 Å². The van der Waals surface area contributed by atoms with Crippen LogP contribution < -0.4 is 16.0 Å². The Bertz CT molecular complexity index is 550. The zero-order valence-electron chi connectivity index (χ0n) is 10.8. The predicted octanol–water partition coefficient (Wildman–Crippen LogP) is 1.70. The standard InChI is InChI=1S/C12H16N4O2S/c1-3-16(2)12-15-10(13)9(19-12)11(17)14-6-8-4-5-18-7-8/h4-5,7H,3,6,13H2,1-2H3,(H,14,17). The highest BCUT2D eigenvalue weighted by molar-refractivity contribution is 7.18. The average molecular weight is 280 g/mol. The minimum Gasteiger partial charge on any atom is -0.472 e. The van der Waals surface area contributed by atoms with Gasteiger partial charge in [0.1, 0.15) is 10.7 Å². The van der Waals surface area contributed by atoms with Gasteiger partial charge >= 0.3 is 0 Å². The van der Waals surface area contributed by atoms with Gasteiger partial charge < -0.3 is 20.4 Å². The lowest BCUT2D eigenvalue weighted by Gasteiger charge is -2.10. The predicted molar refractivity (Wildman–Crippen MR) is 75.3 cm³/mol. The third kappa shape index (κ3) is 3.05. The van der Waals surface area contributed by atoms with Gasteiger partial charge in [-0.05, 0) is 13.0 Å². The van der Waals surface area contributed by atoms with Crippen LogP contribution in [-0.4, -0.2) is 24.5 Å². The van der Waals surface area contributed by atoms with E-state index in [0.717, 1.165) is 17.2 Å². The maximum Gasteiger partial charge on any atom is 0.265 e. The first-order valence-corrected chi connectivity index (χ1v) is 6.70. The Balaban J connectivity index is 2.04. The van der Waals surface area contributed by atoms with E-state index >= 15 is 0 Å². The van der Waals surface area contributed by atoms with E-state index in [2.05, 4.69) is 10.3 Å². The minimum atomic E-state index is -0.216. The molecule has 102 valence electrons. The van der Waals surface area contributed by atoms with Crippen molar-refractivity contribution < 1.29 is 9.21 Å². The fourth-order valence-corrected chi connectivity index (χ4v) is 2.36. The number of anilines is 2. The van der Waals surface area contributed by atoms with Crippen molar-refractivity contribution in [2.45, 2.75) is 13.5 Å². The van der Waals surface area contributed by atoms with Crippen molar-refractivity contribution in [1.29, 1.82) is 0 Å². The molecule has 19 heavy (non-hydrogen) atoms. The number of amides is 1. The van der Waals surface area contributed by atoms with Crippen LogP contribution in [0.15, 0.2) is 23.0 Å². The van der Waals surface area contributed by atoms with Gasteiger partial charge in [0.15, 0.2) is 5.13 Å². The molecule has 0 saturated carbocycles. The van der Waals surface area contributed by atoms with E-state index < -0.39 is 0 Å². The largest absolute Gasteiger partial charge is 0.472 e. The van der Waals surface area contributed by atoms with E-state index in [-0.39, 0.29) is 11.7 Å². The van der Waals surface area contributed by atoms with Gasteiger partial charge in [0.05, 0.1) is 12.5 Å². The van der Waals surface area contributed by atoms with Crippen molar-refractivity contribution in [1.82, 2.24) is 10.3 Å². The average Bonchev–Trinajstić information content (AvgIpc) is 3.04. The molecular formula is C12H16N4O2S. The van der Waals surface area contributed by atoms with Crippen LogP contribution in [0, 0.1) is 0 Å². The molecule has 0 fully saturated rings. The molecule has 0 atom stereocenters. The summed E-state index contributed by atoms with van der Waals surface area (Å²) < 4.78 is 4.93. The van der Waals surface area contributed by atoms with E-state index in [4.69, 9.17) is 10.2 Å². The first-order chi connectivity index (χ1) is 9.11.